The summed E-state index contributed by atoms with van der Waals surface area (Å²) in [6.45, 7) is 1.15. The Kier molecular flexibility index (Phi) is 4.36. The zero-order chi connectivity index (χ0) is 16.3. The topological polar surface area (TPSA) is 60.3 Å². The largest absolute Gasteiger partial charge is 0.490 e. The molecule has 3 aromatic rings. The van der Waals surface area contributed by atoms with Crippen molar-refractivity contribution in [2.24, 2.45) is 0 Å². The number of benzene rings is 2. The van der Waals surface area contributed by atoms with Gasteiger partial charge in [-0.15, -0.1) is 0 Å². The van der Waals surface area contributed by atoms with Gasteiger partial charge in [-0.25, -0.2) is 12.4 Å². The van der Waals surface area contributed by atoms with Crippen LogP contribution in [0.4, 0.5) is 0 Å². The maximum atomic E-state index is 12.9. The Labute approximate surface area is 135 Å². The first-order valence-electron chi connectivity index (χ1n) is 7.32. The van der Waals surface area contributed by atoms with Crippen molar-refractivity contribution in [2.75, 3.05) is 20.2 Å². The molecule has 23 heavy (non-hydrogen) atoms. The van der Waals surface area contributed by atoms with E-state index in [0.717, 1.165) is 5.39 Å². The highest BCUT2D eigenvalue weighted by molar-refractivity contribution is 7.90. The monoisotopic (exact) mass is 330 g/mol. The molecule has 0 spiro atoms. The number of rotatable bonds is 6. The van der Waals surface area contributed by atoms with Crippen molar-refractivity contribution in [3.63, 3.8) is 0 Å². The second kappa shape index (κ2) is 6.44. The van der Waals surface area contributed by atoms with Gasteiger partial charge in [-0.3, -0.25) is 0 Å². The first kappa shape index (κ1) is 15.6. The molecule has 0 saturated carbocycles. The molecule has 1 aromatic heterocycles. The fraction of sp³-hybridized carbons (Fsp3) is 0.176. The lowest BCUT2D eigenvalue weighted by Gasteiger charge is -2.12. The van der Waals surface area contributed by atoms with Gasteiger partial charge in [0.05, 0.1) is 4.90 Å². The van der Waals surface area contributed by atoms with Crippen molar-refractivity contribution >= 4 is 20.9 Å². The molecule has 0 bridgehead atoms. The Morgan fingerprint density at radius 2 is 1.83 bits per heavy atom. The number of hydrogen-bond acceptors (Lipinski definition) is 4. The lowest BCUT2D eigenvalue weighted by atomic mass is 10.2. The van der Waals surface area contributed by atoms with E-state index >= 15 is 0 Å². The van der Waals surface area contributed by atoms with Crippen LogP contribution in [0.25, 0.3) is 10.9 Å². The van der Waals surface area contributed by atoms with Crippen molar-refractivity contribution in [3.05, 3.63) is 60.8 Å². The van der Waals surface area contributed by atoms with E-state index < -0.39 is 10.0 Å². The first-order valence-corrected chi connectivity index (χ1v) is 8.76. The molecule has 0 radical (unpaired) electrons. The first-order chi connectivity index (χ1) is 11.1. The molecule has 0 aliphatic carbocycles. The van der Waals surface area contributed by atoms with Crippen LogP contribution in [0.15, 0.2) is 65.7 Å². The predicted molar refractivity (Wildman–Crippen MR) is 90.4 cm³/mol. The second-order valence-electron chi connectivity index (χ2n) is 5.08. The number of para-hydroxylation sites is 1. The van der Waals surface area contributed by atoms with Gasteiger partial charge in [0.25, 0.3) is 10.0 Å². The fourth-order valence-corrected chi connectivity index (χ4v) is 3.80. The van der Waals surface area contributed by atoms with Gasteiger partial charge in [-0.05, 0) is 31.3 Å². The van der Waals surface area contributed by atoms with Crippen LogP contribution >= 0.6 is 0 Å². The van der Waals surface area contributed by atoms with E-state index in [1.54, 1.807) is 48.7 Å². The molecular formula is C17H18N2O3S. The van der Waals surface area contributed by atoms with Gasteiger partial charge in [0.1, 0.15) is 17.9 Å². The molecule has 0 fully saturated rings. The maximum absolute atomic E-state index is 12.9. The number of fused-ring (bicyclic) bond motifs is 1. The minimum atomic E-state index is -3.65. The number of nitrogens with zero attached hydrogens (tertiary/aromatic N) is 1. The third kappa shape index (κ3) is 2.95. The van der Waals surface area contributed by atoms with Crippen molar-refractivity contribution < 1.29 is 13.2 Å². The summed E-state index contributed by atoms with van der Waals surface area (Å²) in [7, 11) is -1.81. The number of nitrogens with one attached hydrogen (secondary N) is 1. The molecule has 0 atom stereocenters. The third-order valence-corrected chi connectivity index (χ3v) is 5.24. The van der Waals surface area contributed by atoms with Gasteiger partial charge < -0.3 is 10.1 Å². The van der Waals surface area contributed by atoms with E-state index in [1.807, 2.05) is 19.2 Å². The Morgan fingerprint density at radius 3 is 2.57 bits per heavy atom. The Hall–Kier alpha value is -2.31. The van der Waals surface area contributed by atoms with Crippen LogP contribution < -0.4 is 10.1 Å². The highest BCUT2D eigenvalue weighted by Crippen LogP contribution is 2.29. The van der Waals surface area contributed by atoms with Crippen molar-refractivity contribution in [2.45, 2.75) is 4.90 Å². The van der Waals surface area contributed by atoms with E-state index in [1.165, 1.54) is 3.97 Å². The van der Waals surface area contributed by atoms with Crippen LogP contribution in [0.1, 0.15) is 0 Å². The number of ether oxygens (including phenoxy) is 1. The summed E-state index contributed by atoms with van der Waals surface area (Å²) < 4.78 is 32.8. The van der Waals surface area contributed by atoms with Crippen LogP contribution in [-0.4, -0.2) is 32.6 Å². The highest BCUT2D eigenvalue weighted by atomic mass is 32.2. The second-order valence-corrected chi connectivity index (χ2v) is 6.89. The summed E-state index contributed by atoms with van der Waals surface area (Å²) >= 11 is 0. The Bertz CT molecular complexity index is 902. The molecule has 0 saturated heterocycles. The molecule has 1 heterocycles. The number of likely N-dealkylation sites (N-methyl/N-ethyl adjacent to an activating group) is 1. The van der Waals surface area contributed by atoms with E-state index in [2.05, 4.69) is 5.32 Å². The molecule has 0 aliphatic rings. The molecule has 6 heteroatoms. The minimum Gasteiger partial charge on any atom is -0.490 e. The van der Waals surface area contributed by atoms with Gasteiger partial charge >= 0.3 is 0 Å². The van der Waals surface area contributed by atoms with E-state index in [9.17, 15) is 8.42 Å². The van der Waals surface area contributed by atoms with Crippen LogP contribution in [0.5, 0.6) is 5.75 Å². The van der Waals surface area contributed by atoms with Crippen molar-refractivity contribution in [1.82, 2.24) is 9.29 Å². The smallest absolute Gasteiger partial charge is 0.268 e. The zero-order valence-corrected chi connectivity index (χ0v) is 13.6. The molecule has 0 amide bonds. The third-order valence-electron chi connectivity index (χ3n) is 3.55. The minimum absolute atomic E-state index is 0.252. The summed E-state index contributed by atoms with van der Waals surface area (Å²) in [5.41, 5.74) is 0.562. The number of hydrogen-bond donors (Lipinski definition) is 1. The molecule has 5 nitrogen and oxygen atoms in total. The van der Waals surface area contributed by atoms with Crippen molar-refractivity contribution in [1.29, 1.82) is 0 Å². The average Bonchev–Trinajstić information content (AvgIpc) is 3.02. The molecule has 0 aliphatic heterocycles. The summed E-state index contributed by atoms with van der Waals surface area (Å²) in [5.74, 6) is 0.558. The summed E-state index contributed by atoms with van der Waals surface area (Å²) in [4.78, 5) is 0.252. The molecular weight excluding hydrogens is 312 g/mol. The normalized spacial score (nSPS) is 11.7. The summed E-state index contributed by atoms with van der Waals surface area (Å²) in [5, 5.41) is 3.83. The SMILES string of the molecule is CNCCOc1cccc2ccn(S(=O)(=O)c3ccccc3)c12. The predicted octanol–water partition coefficient (Wildman–Crippen LogP) is 2.48. The zero-order valence-electron chi connectivity index (χ0n) is 12.8. The molecule has 1 N–H and O–H groups in total. The van der Waals surface area contributed by atoms with E-state index in [0.29, 0.717) is 24.4 Å². The van der Waals surface area contributed by atoms with Crippen molar-refractivity contribution in [3.8, 4) is 5.75 Å². The summed E-state index contributed by atoms with van der Waals surface area (Å²) in [6, 6.07) is 15.7. The Morgan fingerprint density at radius 1 is 1.04 bits per heavy atom. The summed E-state index contributed by atoms with van der Waals surface area (Å²) in [6.07, 6.45) is 1.57. The van der Waals surface area contributed by atoms with Crippen LogP contribution in [0, 0.1) is 0 Å². The van der Waals surface area contributed by atoms with Gasteiger partial charge in [0.2, 0.25) is 0 Å². The fourth-order valence-electron chi connectivity index (χ4n) is 2.42. The van der Waals surface area contributed by atoms with Gasteiger partial charge in [-0.2, -0.15) is 0 Å². The van der Waals surface area contributed by atoms with Crippen LogP contribution in [-0.2, 0) is 10.0 Å². The molecule has 3 rings (SSSR count). The van der Waals surface area contributed by atoms with Crippen LogP contribution in [0.3, 0.4) is 0 Å². The Balaban J connectivity index is 2.11. The quantitative estimate of drug-likeness (QED) is 0.706. The van der Waals surface area contributed by atoms with Crippen LogP contribution in [0.2, 0.25) is 0 Å². The van der Waals surface area contributed by atoms with Gasteiger partial charge in [0, 0.05) is 18.1 Å². The maximum Gasteiger partial charge on any atom is 0.268 e. The average molecular weight is 330 g/mol. The van der Waals surface area contributed by atoms with E-state index in [4.69, 9.17) is 4.74 Å². The molecule has 2 aromatic carbocycles. The lowest BCUT2D eigenvalue weighted by Crippen LogP contribution is -2.17. The standard InChI is InChI=1S/C17H18N2O3S/c1-18-11-13-22-16-9-5-6-14-10-12-19(17(14)16)23(20,21)15-7-3-2-4-8-15/h2-10,12,18H,11,13H2,1H3. The lowest BCUT2D eigenvalue weighted by molar-refractivity contribution is 0.321. The molecule has 0 unspecified atom stereocenters. The van der Waals surface area contributed by atoms with Gasteiger partial charge in [0.15, 0.2) is 0 Å². The number of aromatic nitrogens is 1. The van der Waals surface area contributed by atoms with Gasteiger partial charge in [-0.1, -0.05) is 30.3 Å². The molecule has 120 valence electrons. The highest BCUT2D eigenvalue weighted by Gasteiger charge is 2.20. The van der Waals surface area contributed by atoms with E-state index in [-0.39, 0.29) is 4.90 Å².